The molecule has 1 heterocycles. The highest BCUT2D eigenvalue weighted by Gasteiger charge is 2.33. The summed E-state index contributed by atoms with van der Waals surface area (Å²) in [5, 5.41) is 0. The molecule has 0 aliphatic carbocycles. The van der Waals surface area contributed by atoms with E-state index in [0.717, 1.165) is 0 Å². The van der Waals surface area contributed by atoms with E-state index in [2.05, 4.69) is 20.9 Å². The Kier molecular flexibility index (Phi) is 4.40. The Labute approximate surface area is 116 Å². The summed E-state index contributed by atoms with van der Waals surface area (Å²) < 4.78 is 31.9. The molecule has 1 aromatic heterocycles. The van der Waals surface area contributed by atoms with Crippen LogP contribution in [0.2, 0.25) is 0 Å². The van der Waals surface area contributed by atoms with Gasteiger partial charge >= 0.3 is 0 Å². The first-order valence-electron chi connectivity index (χ1n) is 5.29. The predicted octanol–water partition coefficient (Wildman–Crippen LogP) is 2.27. The van der Waals surface area contributed by atoms with Crippen LogP contribution in [0.3, 0.4) is 0 Å². The third kappa shape index (κ3) is 3.02. The van der Waals surface area contributed by atoms with Crippen molar-refractivity contribution >= 4 is 26.0 Å². The maximum Gasteiger partial charge on any atom is 0.248 e. The van der Waals surface area contributed by atoms with Crippen molar-refractivity contribution in [2.24, 2.45) is 0 Å². The second kappa shape index (κ2) is 5.14. The molecule has 18 heavy (non-hydrogen) atoms. The first-order valence-corrected chi connectivity index (χ1v) is 7.52. The smallest absolute Gasteiger partial charge is 0.248 e. The molecule has 0 aromatic carbocycles. The highest BCUT2D eigenvalue weighted by molar-refractivity contribution is 9.10. The lowest BCUT2D eigenvalue weighted by atomic mass is 10.1. The maximum absolute atomic E-state index is 12.5. The van der Waals surface area contributed by atoms with Gasteiger partial charge in [0.15, 0.2) is 0 Å². The first-order chi connectivity index (χ1) is 8.10. The molecule has 1 rings (SSSR count). The number of ether oxygens (including phenoxy) is 1. The lowest BCUT2D eigenvalue weighted by molar-refractivity contribution is 0.289. The average molecular weight is 337 g/mol. The van der Waals surface area contributed by atoms with Crippen molar-refractivity contribution < 1.29 is 13.2 Å². The van der Waals surface area contributed by atoms with E-state index in [1.165, 1.54) is 30.7 Å². The van der Waals surface area contributed by atoms with E-state index in [9.17, 15) is 8.42 Å². The number of nitrogens with zero attached hydrogens (tertiary/aromatic N) is 2. The molecule has 5 nitrogen and oxygen atoms in total. The summed E-state index contributed by atoms with van der Waals surface area (Å²) >= 11 is 3.22. The van der Waals surface area contributed by atoms with E-state index in [1.807, 2.05) is 20.8 Å². The Morgan fingerprint density at radius 3 is 2.39 bits per heavy atom. The third-order valence-corrected chi connectivity index (χ3v) is 5.11. The third-order valence-electron chi connectivity index (χ3n) is 2.56. The summed E-state index contributed by atoms with van der Waals surface area (Å²) in [6.45, 7) is 5.47. The van der Waals surface area contributed by atoms with E-state index >= 15 is 0 Å². The number of sulfonamides is 1. The summed E-state index contributed by atoms with van der Waals surface area (Å²) in [6, 6.07) is 1.49. The van der Waals surface area contributed by atoms with Crippen LogP contribution in [-0.4, -0.2) is 37.4 Å². The molecule has 0 amide bonds. The summed E-state index contributed by atoms with van der Waals surface area (Å²) in [6.07, 6.45) is 1.49. The fourth-order valence-electron chi connectivity index (χ4n) is 1.25. The van der Waals surface area contributed by atoms with Crippen molar-refractivity contribution in [1.29, 1.82) is 0 Å². The number of methoxy groups -OCH3 is 1. The minimum absolute atomic E-state index is 0.0526. The molecule has 0 atom stereocenters. The fourth-order valence-corrected chi connectivity index (χ4v) is 3.39. The summed E-state index contributed by atoms with van der Waals surface area (Å²) in [4.78, 5) is 4.01. The first kappa shape index (κ1) is 15.4. The van der Waals surface area contributed by atoms with Gasteiger partial charge in [-0.15, -0.1) is 0 Å². The van der Waals surface area contributed by atoms with E-state index in [1.54, 1.807) is 0 Å². The van der Waals surface area contributed by atoms with Gasteiger partial charge in [-0.1, -0.05) is 0 Å². The second-order valence-electron chi connectivity index (χ2n) is 4.80. The van der Waals surface area contributed by atoms with E-state index in [4.69, 9.17) is 4.74 Å². The van der Waals surface area contributed by atoms with Gasteiger partial charge in [0, 0.05) is 23.3 Å². The zero-order valence-electron chi connectivity index (χ0n) is 11.1. The van der Waals surface area contributed by atoms with Gasteiger partial charge in [-0.2, -0.15) is 4.31 Å². The van der Waals surface area contributed by atoms with Crippen LogP contribution in [-0.2, 0) is 10.0 Å². The number of pyridine rings is 1. The Morgan fingerprint density at radius 1 is 1.39 bits per heavy atom. The topological polar surface area (TPSA) is 59.5 Å². The molecule has 1 aromatic rings. The van der Waals surface area contributed by atoms with Crippen LogP contribution in [0.1, 0.15) is 20.8 Å². The van der Waals surface area contributed by atoms with Crippen molar-refractivity contribution in [3.8, 4) is 5.88 Å². The summed E-state index contributed by atoms with van der Waals surface area (Å²) in [7, 11) is -0.714. The quantitative estimate of drug-likeness (QED) is 0.849. The second-order valence-corrected chi connectivity index (χ2v) is 7.66. The maximum atomic E-state index is 12.5. The molecule has 0 unspecified atom stereocenters. The minimum Gasteiger partial charge on any atom is -0.480 e. The molecule has 0 fully saturated rings. The number of hydrogen-bond donors (Lipinski definition) is 0. The molecule has 0 saturated carbocycles. The zero-order chi connectivity index (χ0) is 14.1. The molecule has 0 bridgehead atoms. The Balaban J connectivity index is 3.41. The predicted molar refractivity (Wildman–Crippen MR) is 73.2 cm³/mol. The number of halogens is 1. The van der Waals surface area contributed by atoms with Crippen molar-refractivity contribution in [3.63, 3.8) is 0 Å². The fraction of sp³-hybridized carbons (Fsp3) is 0.545. The molecule has 0 spiro atoms. The van der Waals surface area contributed by atoms with Gasteiger partial charge in [0.25, 0.3) is 0 Å². The van der Waals surface area contributed by atoms with Crippen molar-refractivity contribution in [3.05, 3.63) is 16.7 Å². The van der Waals surface area contributed by atoms with Crippen LogP contribution in [0.15, 0.2) is 21.6 Å². The standard InChI is InChI=1S/C11H17BrN2O3S/c1-11(2,3)14(4)18(15,16)9-6-8(12)7-13-10(9)17-5/h6-7H,1-5H3. The van der Waals surface area contributed by atoms with Crippen LogP contribution in [0.5, 0.6) is 5.88 Å². The molecule has 0 aliphatic rings. The van der Waals surface area contributed by atoms with Crippen LogP contribution >= 0.6 is 15.9 Å². The van der Waals surface area contributed by atoms with Crippen LogP contribution < -0.4 is 4.74 Å². The molecule has 0 saturated heterocycles. The highest BCUT2D eigenvalue weighted by Crippen LogP contribution is 2.29. The lowest BCUT2D eigenvalue weighted by Crippen LogP contribution is -2.42. The van der Waals surface area contributed by atoms with Gasteiger partial charge in [-0.05, 0) is 42.8 Å². The lowest BCUT2D eigenvalue weighted by Gasteiger charge is -2.31. The largest absolute Gasteiger partial charge is 0.480 e. The zero-order valence-corrected chi connectivity index (χ0v) is 13.5. The van der Waals surface area contributed by atoms with Gasteiger partial charge in [0.2, 0.25) is 15.9 Å². The minimum atomic E-state index is -3.65. The van der Waals surface area contributed by atoms with Crippen molar-refractivity contribution in [2.45, 2.75) is 31.2 Å². The summed E-state index contributed by atoms with van der Waals surface area (Å²) in [5.41, 5.74) is -0.522. The number of aromatic nitrogens is 1. The van der Waals surface area contributed by atoms with Gasteiger partial charge in [0.05, 0.1) is 7.11 Å². The van der Waals surface area contributed by atoms with Gasteiger partial charge in [-0.25, -0.2) is 13.4 Å². The molecule has 102 valence electrons. The van der Waals surface area contributed by atoms with Crippen LogP contribution in [0.4, 0.5) is 0 Å². The van der Waals surface area contributed by atoms with Crippen LogP contribution in [0.25, 0.3) is 0 Å². The molecular formula is C11H17BrN2O3S. The van der Waals surface area contributed by atoms with Crippen LogP contribution in [0, 0.1) is 0 Å². The molecule has 0 N–H and O–H groups in total. The van der Waals surface area contributed by atoms with E-state index in [0.29, 0.717) is 4.47 Å². The average Bonchev–Trinajstić information content (AvgIpc) is 2.26. The van der Waals surface area contributed by atoms with Gasteiger partial charge < -0.3 is 4.74 Å². The van der Waals surface area contributed by atoms with Crippen molar-refractivity contribution in [2.75, 3.05) is 14.2 Å². The SMILES string of the molecule is COc1ncc(Br)cc1S(=O)(=O)N(C)C(C)(C)C. The number of hydrogen-bond acceptors (Lipinski definition) is 4. The highest BCUT2D eigenvalue weighted by atomic mass is 79.9. The van der Waals surface area contributed by atoms with E-state index < -0.39 is 15.6 Å². The Bertz CT molecular complexity index is 538. The summed E-state index contributed by atoms with van der Waals surface area (Å²) in [5.74, 6) is 0.0919. The molecule has 0 aliphatic heterocycles. The molecule has 0 radical (unpaired) electrons. The van der Waals surface area contributed by atoms with Gasteiger partial charge in [-0.3, -0.25) is 0 Å². The molecular weight excluding hydrogens is 320 g/mol. The number of rotatable bonds is 3. The monoisotopic (exact) mass is 336 g/mol. The van der Waals surface area contributed by atoms with Crippen molar-refractivity contribution in [1.82, 2.24) is 9.29 Å². The Morgan fingerprint density at radius 2 is 1.94 bits per heavy atom. The van der Waals surface area contributed by atoms with Gasteiger partial charge in [0.1, 0.15) is 4.90 Å². The van der Waals surface area contributed by atoms with E-state index in [-0.39, 0.29) is 10.8 Å². The molecule has 7 heteroatoms. The normalized spacial score (nSPS) is 12.8. The Hall–Kier alpha value is -0.660.